The standard InChI is InChI=1S/C23H22N2O3S/c1-14-12-19(26)22(23(27)28-14)18-13-21(15-8-10-16(11-9-15)25(2)3)29-20-7-5-4-6-17(20)24-18/h4-13,21,24,26H,1-3H3/t21-/m1/s1. The van der Waals surface area contributed by atoms with Gasteiger partial charge in [-0.1, -0.05) is 24.3 Å². The minimum absolute atomic E-state index is 0.0440. The summed E-state index contributed by atoms with van der Waals surface area (Å²) in [6, 6.07) is 17.7. The molecule has 2 aromatic carbocycles. The number of fused-ring (bicyclic) bond motifs is 1. The van der Waals surface area contributed by atoms with Gasteiger partial charge in [-0.2, -0.15) is 0 Å². The van der Waals surface area contributed by atoms with Crippen molar-refractivity contribution >= 4 is 28.8 Å². The van der Waals surface area contributed by atoms with E-state index in [-0.39, 0.29) is 16.6 Å². The van der Waals surface area contributed by atoms with E-state index in [1.807, 2.05) is 44.4 Å². The molecule has 6 heteroatoms. The van der Waals surface area contributed by atoms with Crippen molar-refractivity contribution in [3.05, 3.63) is 88.0 Å². The van der Waals surface area contributed by atoms with Gasteiger partial charge in [0.2, 0.25) is 0 Å². The fourth-order valence-corrected chi connectivity index (χ4v) is 4.47. The summed E-state index contributed by atoms with van der Waals surface area (Å²) in [5, 5.41) is 13.7. The summed E-state index contributed by atoms with van der Waals surface area (Å²) in [6.07, 6.45) is 1.97. The number of thioether (sulfide) groups is 1. The van der Waals surface area contributed by atoms with E-state index in [1.165, 1.54) is 6.07 Å². The van der Waals surface area contributed by atoms with Gasteiger partial charge in [0.15, 0.2) is 0 Å². The van der Waals surface area contributed by atoms with Crippen LogP contribution in [0.2, 0.25) is 0 Å². The average Bonchev–Trinajstić information content (AvgIpc) is 2.87. The largest absolute Gasteiger partial charge is 0.507 e. The fourth-order valence-electron chi connectivity index (χ4n) is 3.30. The molecule has 2 heterocycles. The fraction of sp³-hybridized carbons (Fsp3) is 0.174. The van der Waals surface area contributed by atoms with Crippen LogP contribution in [0.15, 0.2) is 74.8 Å². The third-order valence-electron chi connectivity index (χ3n) is 4.79. The molecular weight excluding hydrogens is 384 g/mol. The Morgan fingerprint density at radius 1 is 1.10 bits per heavy atom. The van der Waals surface area contributed by atoms with Crippen LogP contribution < -0.4 is 15.8 Å². The Bertz CT molecular complexity index is 1130. The number of aryl methyl sites for hydroxylation is 1. The number of hydrogen-bond donors (Lipinski definition) is 2. The molecular formula is C23H22N2O3S. The van der Waals surface area contributed by atoms with E-state index in [1.54, 1.807) is 18.7 Å². The third-order valence-corrected chi connectivity index (χ3v) is 6.06. The molecule has 29 heavy (non-hydrogen) atoms. The summed E-state index contributed by atoms with van der Waals surface area (Å²) in [5.41, 5.74) is 3.22. The second kappa shape index (κ2) is 7.72. The SMILES string of the molecule is Cc1cc(O)c(C2=C[C@H](c3ccc(N(C)C)cc3)Sc3ccccc3N2)c(=O)o1. The van der Waals surface area contributed by atoms with Crippen molar-refractivity contribution in [3.8, 4) is 5.75 Å². The monoisotopic (exact) mass is 406 g/mol. The van der Waals surface area contributed by atoms with Crippen LogP contribution in [-0.2, 0) is 0 Å². The lowest BCUT2D eigenvalue weighted by atomic mass is 10.1. The van der Waals surface area contributed by atoms with Crippen molar-refractivity contribution in [1.29, 1.82) is 0 Å². The van der Waals surface area contributed by atoms with E-state index < -0.39 is 5.63 Å². The molecule has 1 aliphatic heterocycles. The summed E-state index contributed by atoms with van der Waals surface area (Å²) < 4.78 is 5.25. The first-order chi connectivity index (χ1) is 13.9. The smallest absolute Gasteiger partial charge is 0.349 e. The van der Waals surface area contributed by atoms with Crippen LogP contribution in [0, 0.1) is 6.92 Å². The lowest BCUT2D eigenvalue weighted by Gasteiger charge is -2.16. The van der Waals surface area contributed by atoms with Gasteiger partial charge in [-0.05, 0) is 42.8 Å². The highest BCUT2D eigenvalue weighted by atomic mass is 32.2. The van der Waals surface area contributed by atoms with E-state index in [0.717, 1.165) is 21.8 Å². The molecule has 5 nitrogen and oxygen atoms in total. The highest BCUT2D eigenvalue weighted by Gasteiger charge is 2.23. The van der Waals surface area contributed by atoms with Crippen LogP contribution in [0.1, 0.15) is 22.1 Å². The Morgan fingerprint density at radius 2 is 1.83 bits per heavy atom. The van der Waals surface area contributed by atoms with Crippen molar-refractivity contribution in [2.24, 2.45) is 0 Å². The average molecular weight is 407 g/mol. The van der Waals surface area contributed by atoms with Gasteiger partial charge in [-0.25, -0.2) is 4.79 Å². The third kappa shape index (κ3) is 3.89. The normalized spacial score (nSPS) is 15.7. The Kier molecular flexibility index (Phi) is 5.11. The van der Waals surface area contributed by atoms with Crippen molar-refractivity contribution in [2.45, 2.75) is 17.1 Å². The summed E-state index contributed by atoms with van der Waals surface area (Å²) in [7, 11) is 4.01. The summed E-state index contributed by atoms with van der Waals surface area (Å²) >= 11 is 1.69. The molecule has 0 fully saturated rings. The predicted molar refractivity (Wildman–Crippen MR) is 119 cm³/mol. The molecule has 0 spiro atoms. The minimum atomic E-state index is -0.563. The van der Waals surface area contributed by atoms with Crippen LogP contribution in [0.5, 0.6) is 5.75 Å². The molecule has 4 rings (SSSR count). The van der Waals surface area contributed by atoms with Gasteiger partial charge < -0.3 is 19.7 Å². The highest BCUT2D eigenvalue weighted by Crippen LogP contribution is 2.45. The maximum Gasteiger partial charge on any atom is 0.349 e. The van der Waals surface area contributed by atoms with Gasteiger partial charge >= 0.3 is 5.63 Å². The molecule has 2 N–H and O–H groups in total. The van der Waals surface area contributed by atoms with Crippen LogP contribution >= 0.6 is 11.8 Å². The minimum Gasteiger partial charge on any atom is -0.507 e. The van der Waals surface area contributed by atoms with Crippen LogP contribution in [0.25, 0.3) is 5.70 Å². The Balaban J connectivity index is 1.84. The van der Waals surface area contributed by atoms with Gasteiger partial charge in [-0.15, -0.1) is 11.8 Å². The van der Waals surface area contributed by atoms with E-state index in [9.17, 15) is 9.90 Å². The molecule has 1 aliphatic rings. The maximum atomic E-state index is 12.5. The molecule has 0 saturated carbocycles. The number of para-hydroxylation sites is 1. The Labute approximate surface area is 173 Å². The van der Waals surface area contributed by atoms with E-state index in [0.29, 0.717) is 11.5 Å². The second-order valence-electron chi connectivity index (χ2n) is 7.13. The number of nitrogens with one attached hydrogen (secondary N) is 1. The van der Waals surface area contributed by atoms with Gasteiger partial charge in [-0.3, -0.25) is 0 Å². The first-order valence-electron chi connectivity index (χ1n) is 9.28. The zero-order valence-electron chi connectivity index (χ0n) is 16.5. The molecule has 1 aromatic heterocycles. The van der Waals surface area contributed by atoms with E-state index in [2.05, 4.69) is 34.5 Å². The van der Waals surface area contributed by atoms with Crippen LogP contribution in [0.3, 0.4) is 0 Å². The number of nitrogens with zero attached hydrogens (tertiary/aromatic N) is 1. The maximum absolute atomic E-state index is 12.5. The summed E-state index contributed by atoms with van der Waals surface area (Å²) in [4.78, 5) is 15.6. The van der Waals surface area contributed by atoms with Crippen molar-refractivity contribution in [3.63, 3.8) is 0 Å². The van der Waals surface area contributed by atoms with Crippen LogP contribution in [0.4, 0.5) is 11.4 Å². The van der Waals surface area contributed by atoms with Gasteiger partial charge in [0, 0.05) is 30.7 Å². The molecule has 0 radical (unpaired) electrons. The van der Waals surface area contributed by atoms with Gasteiger partial charge in [0.25, 0.3) is 0 Å². The predicted octanol–water partition coefficient (Wildman–Crippen LogP) is 5.02. The Morgan fingerprint density at radius 3 is 2.52 bits per heavy atom. The lowest BCUT2D eigenvalue weighted by Crippen LogP contribution is -2.12. The molecule has 1 atom stereocenters. The first-order valence-corrected chi connectivity index (χ1v) is 10.2. The van der Waals surface area contributed by atoms with Crippen molar-refractivity contribution in [2.75, 3.05) is 24.3 Å². The number of anilines is 2. The molecule has 0 bridgehead atoms. The molecule has 0 saturated heterocycles. The molecule has 148 valence electrons. The number of hydrogen-bond acceptors (Lipinski definition) is 6. The van der Waals surface area contributed by atoms with E-state index >= 15 is 0 Å². The molecule has 3 aromatic rings. The van der Waals surface area contributed by atoms with Gasteiger partial charge in [0.1, 0.15) is 17.1 Å². The zero-order valence-corrected chi connectivity index (χ0v) is 17.3. The lowest BCUT2D eigenvalue weighted by molar-refractivity contribution is 0.431. The summed E-state index contributed by atoms with van der Waals surface area (Å²) in [5.74, 6) is 0.277. The summed E-state index contributed by atoms with van der Waals surface area (Å²) in [6.45, 7) is 1.64. The number of benzene rings is 2. The zero-order chi connectivity index (χ0) is 20.5. The Hall–Kier alpha value is -3.12. The quantitative estimate of drug-likeness (QED) is 0.637. The molecule has 0 unspecified atom stereocenters. The first kappa shape index (κ1) is 19.2. The molecule has 0 amide bonds. The van der Waals surface area contributed by atoms with Crippen LogP contribution in [-0.4, -0.2) is 19.2 Å². The van der Waals surface area contributed by atoms with Gasteiger partial charge in [0.05, 0.1) is 16.6 Å². The van der Waals surface area contributed by atoms with E-state index in [4.69, 9.17) is 4.42 Å². The highest BCUT2D eigenvalue weighted by molar-refractivity contribution is 7.99. The molecule has 0 aliphatic carbocycles. The number of rotatable bonds is 3. The van der Waals surface area contributed by atoms with Crippen molar-refractivity contribution < 1.29 is 9.52 Å². The second-order valence-corrected chi connectivity index (χ2v) is 8.31. The number of aromatic hydroxyl groups is 1. The van der Waals surface area contributed by atoms with Crippen molar-refractivity contribution in [1.82, 2.24) is 0 Å². The topological polar surface area (TPSA) is 65.7 Å².